The van der Waals surface area contributed by atoms with E-state index in [-0.39, 0.29) is 5.91 Å². The van der Waals surface area contributed by atoms with Gasteiger partial charge in [-0.1, -0.05) is 18.5 Å². The van der Waals surface area contributed by atoms with Gasteiger partial charge in [0.25, 0.3) is 5.91 Å². The second-order valence-electron chi connectivity index (χ2n) is 5.03. The molecule has 0 aromatic carbocycles. The van der Waals surface area contributed by atoms with Crippen molar-refractivity contribution in [3.05, 3.63) is 22.8 Å². The topological polar surface area (TPSA) is 48.5 Å². The maximum atomic E-state index is 12.6. The number of pyridine rings is 1. The lowest BCUT2D eigenvalue weighted by Gasteiger charge is -2.39. The predicted molar refractivity (Wildman–Crippen MR) is 81.4 cm³/mol. The third-order valence-corrected chi connectivity index (χ3v) is 4.10. The third-order valence-electron chi connectivity index (χ3n) is 3.80. The molecule has 1 N–H and O–H groups in total. The van der Waals surface area contributed by atoms with Crippen molar-refractivity contribution in [1.82, 2.24) is 14.8 Å². The van der Waals surface area contributed by atoms with E-state index in [4.69, 9.17) is 11.6 Å². The van der Waals surface area contributed by atoms with Crippen LogP contribution in [0.1, 0.15) is 24.2 Å². The summed E-state index contributed by atoms with van der Waals surface area (Å²) in [6, 6.07) is 2.09. The number of hydrogen-bond acceptors (Lipinski definition) is 4. The highest BCUT2D eigenvalue weighted by Gasteiger charge is 2.27. The van der Waals surface area contributed by atoms with Crippen LogP contribution in [-0.4, -0.2) is 60.0 Å². The number of carbonyl (C=O) groups excluding carboxylic acids is 1. The number of piperazine rings is 1. The number of likely N-dealkylation sites (N-methyl/N-ethyl adjacent to an activating group) is 1. The van der Waals surface area contributed by atoms with Gasteiger partial charge in [0.15, 0.2) is 0 Å². The van der Waals surface area contributed by atoms with Gasteiger partial charge in [0.1, 0.15) is 5.82 Å². The van der Waals surface area contributed by atoms with E-state index in [2.05, 4.69) is 29.0 Å². The molecule has 1 saturated heterocycles. The second kappa shape index (κ2) is 6.41. The number of rotatable bonds is 3. The van der Waals surface area contributed by atoms with Crippen LogP contribution in [0.2, 0.25) is 5.02 Å². The van der Waals surface area contributed by atoms with Crippen molar-refractivity contribution in [2.45, 2.75) is 19.9 Å². The lowest BCUT2D eigenvalue weighted by atomic mass is 10.1. The molecule has 1 aliphatic rings. The minimum absolute atomic E-state index is 0.0171. The summed E-state index contributed by atoms with van der Waals surface area (Å²) in [5.74, 6) is 0.634. The number of aromatic nitrogens is 1. The summed E-state index contributed by atoms with van der Waals surface area (Å²) in [7, 11) is 1.77. The van der Waals surface area contributed by atoms with E-state index in [1.54, 1.807) is 13.1 Å². The van der Waals surface area contributed by atoms with E-state index >= 15 is 0 Å². The molecule has 2 rings (SSSR count). The fraction of sp³-hybridized carbons (Fsp3) is 0.571. The summed E-state index contributed by atoms with van der Waals surface area (Å²) < 4.78 is 0. The van der Waals surface area contributed by atoms with Crippen LogP contribution in [-0.2, 0) is 0 Å². The molecular formula is C14H21ClN4O. The highest BCUT2D eigenvalue weighted by molar-refractivity contribution is 6.33. The SMILES string of the molecule is CCN1CCN(C(=O)c2cc(NC)ncc2Cl)CC1C. The van der Waals surface area contributed by atoms with E-state index in [9.17, 15) is 4.79 Å². The van der Waals surface area contributed by atoms with E-state index in [1.165, 1.54) is 6.20 Å². The Hall–Kier alpha value is -1.33. The van der Waals surface area contributed by atoms with Gasteiger partial charge in [-0.05, 0) is 19.5 Å². The van der Waals surface area contributed by atoms with Crippen LogP contribution in [0, 0.1) is 0 Å². The first kappa shape index (κ1) is 15.1. The molecule has 0 spiro atoms. The molecule has 1 aromatic heterocycles. The summed E-state index contributed by atoms with van der Waals surface area (Å²) in [5.41, 5.74) is 0.517. The molecule has 1 fully saturated rings. The molecule has 20 heavy (non-hydrogen) atoms. The van der Waals surface area contributed by atoms with Crippen molar-refractivity contribution in [3.8, 4) is 0 Å². The van der Waals surface area contributed by atoms with E-state index in [0.717, 1.165) is 26.2 Å². The average molecular weight is 297 g/mol. The summed E-state index contributed by atoms with van der Waals surface area (Å²) in [6.07, 6.45) is 1.52. The zero-order valence-corrected chi connectivity index (χ0v) is 12.9. The summed E-state index contributed by atoms with van der Waals surface area (Å²) in [4.78, 5) is 20.9. The van der Waals surface area contributed by atoms with Gasteiger partial charge in [-0.15, -0.1) is 0 Å². The van der Waals surface area contributed by atoms with Gasteiger partial charge in [0, 0.05) is 38.9 Å². The number of nitrogens with one attached hydrogen (secondary N) is 1. The molecular weight excluding hydrogens is 276 g/mol. The molecule has 1 amide bonds. The van der Waals surface area contributed by atoms with Crippen LogP contribution in [0.25, 0.3) is 0 Å². The second-order valence-corrected chi connectivity index (χ2v) is 5.44. The lowest BCUT2D eigenvalue weighted by Crippen LogP contribution is -2.53. The van der Waals surface area contributed by atoms with Gasteiger partial charge in [-0.25, -0.2) is 4.98 Å². The molecule has 0 bridgehead atoms. The van der Waals surface area contributed by atoms with Gasteiger partial charge in [-0.2, -0.15) is 0 Å². The number of hydrogen-bond donors (Lipinski definition) is 1. The van der Waals surface area contributed by atoms with Crippen LogP contribution in [0.3, 0.4) is 0 Å². The molecule has 6 heteroatoms. The number of carbonyl (C=O) groups is 1. The van der Waals surface area contributed by atoms with Crippen LogP contribution in [0.15, 0.2) is 12.3 Å². The molecule has 0 aliphatic carbocycles. The summed E-state index contributed by atoms with van der Waals surface area (Å²) in [6.45, 7) is 7.70. The first-order chi connectivity index (χ1) is 9.56. The van der Waals surface area contributed by atoms with Crippen LogP contribution in [0.5, 0.6) is 0 Å². The zero-order chi connectivity index (χ0) is 14.7. The van der Waals surface area contributed by atoms with Crippen molar-refractivity contribution in [2.24, 2.45) is 0 Å². The molecule has 110 valence electrons. The highest BCUT2D eigenvalue weighted by Crippen LogP contribution is 2.21. The van der Waals surface area contributed by atoms with Crippen molar-refractivity contribution in [2.75, 3.05) is 38.5 Å². The fourth-order valence-corrected chi connectivity index (χ4v) is 2.74. The molecule has 1 aromatic rings. The Balaban J connectivity index is 2.16. The maximum absolute atomic E-state index is 12.6. The largest absolute Gasteiger partial charge is 0.373 e. The monoisotopic (exact) mass is 296 g/mol. The average Bonchev–Trinajstić information content (AvgIpc) is 2.47. The van der Waals surface area contributed by atoms with E-state index in [0.29, 0.717) is 22.4 Å². The van der Waals surface area contributed by atoms with E-state index in [1.807, 2.05) is 4.90 Å². The Labute approximate surface area is 124 Å². The molecule has 0 saturated carbocycles. The maximum Gasteiger partial charge on any atom is 0.255 e. The van der Waals surface area contributed by atoms with Crippen LogP contribution >= 0.6 is 11.6 Å². The molecule has 2 heterocycles. The molecule has 5 nitrogen and oxygen atoms in total. The summed E-state index contributed by atoms with van der Waals surface area (Å²) >= 11 is 6.11. The van der Waals surface area contributed by atoms with Gasteiger partial charge < -0.3 is 10.2 Å². The smallest absolute Gasteiger partial charge is 0.255 e. The van der Waals surface area contributed by atoms with Gasteiger partial charge in [-0.3, -0.25) is 9.69 Å². The van der Waals surface area contributed by atoms with Gasteiger partial charge in [0.2, 0.25) is 0 Å². The van der Waals surface area contributed by atoms with Crippen molar-refractivity contribution in [3.63, 3.8) is 0 Å². The van der Waals surface area contributed by atoms with Crippen molar-refractivity contribution in [1.29, 1.82) is 0 Å². The zero-order valence-electron chi connectivity index (χ0n) is 12.2. The Morgan fingerprint density at radius 3 is 2.90 bits per heavy atom. The lowest BCUT2D eigenvalue weighted by molar-refractivity contribution is 0.0528. The van der Waals surface area contributed by atoms with Crippen LogP contribution < -0.4 is 5.32 Å². The third kappa shape index (κ3) is 3.04. The summed E-state index contributed by atoms with van der Waals surface area (Å²) in [5, 5.41) is 3.33. The Morgan fingerprint density at radius 1 is 1.55 bits per heavy atom. The highest BCUT2D eigenvalue weighted by atomic mass is 35.5. The van der Waals surface area contributed by atoms with Gasteiger partial charge in [0.05, 0.1) is 10.6 Å². The standard InChI is InChI=1S/C14H21ClN4O/c1-4-18-5-6-19(9-10(18)2)14(20)11-7-13(16-3)17-8-12(11)15/h7-8,10H,4-6,9H2,1-3H3,(H,16,17). The Kier molecular flexibility index (Phi) is 4.83. The molecule has 0 radical (unpaired) electrons. The van der Waals surface area contributed by atoms with Gasteiger partial charge >= 0.3 is 0 Å². The molecule has 1 aliphatic heterocycles. The minimum atomic E-state index is -0.0171. The molecule has 1 unspecified atom stereocenters. The number of amides is 1. The Morgan fingerprint density at radius 2 is 2.30 bits per heavy atom. The minimum Gasteiger partial charge on any atom is -0.373 e. The van der Waals surface area contributed by atoms with Crippen LogP contribution in [0.4, 0.5) is 5.82 Å². The normalized spacial score (nSPS) is 20.0. The fourth-order valence-electron chi connectivity index (χ4n) is 2.56. The number of halogens is 1. The first-order valence-corrected chi connectivity index (χ1v) is 7.31. The number of nitrogens with zero attached hydrogens (tertiary/aromatic N) is 3. The van der Waals surface area contributed by atoms with Crippen molar-refractivity contribution >= 4 is 23.3 Å². The van der Waals surface area contributed by atoms with E-state index < -0.39 is 0 Å². The molecule has 1 atom stereocenters. The Bertz CT molecular complexity index is 494. The quantitative estimate of drug-likeness (QED) is 0.926. The first-order valence-electron chi connectivity index (χ1n) is 6.93. The predicted octanol–water partition coefficient (Wildman–Crippen LogP) is 1.94. The number of anilines is 1. The van der Waals surface area contributed by atoms with Crippen molar-refractivity contribution < 1.29 is 4.79 Å².